The maximum Gasteiger partial charge on any atom is 0.275 e. The van der Waals surface area contributed by atoms with E-state index in [2.05, 4.69) is 18.3 Å². The molecule has 2 atom stereocenters. The van der Waals surface area contributed by atoms with Gasteiger partial charge in [0.15, 0.2) is 6.54 Å². The molecule has 0 saturated carbocycles. The molecule has 1 heterocycles. The highest BCUT2D eigenvalue weighted by Gasteiger charge is 2.19. The van der Waals surface area contributed by atoms with Crippen LogP contribution in [-0.4, -0.2) is 12.5 Å². The Balaban J connectivity index is 1.63. The number of nitrogens with two attached hydrogens (primary N) is 1. The Bertz CT molecular complexity index is 836. The Morgan fingerprint density at radius 2 is 1.85 bits per heavy atom. The van der Waals surface area contributed by atoms with Crippen molar-refractivity contribution in [3.05, 3.63) is 93.1 Å². The van der Waals surface area contributed by atoms with Gasteiger partial charge in [-0.1, -0.05) is 60.1 Å². The Morgan fingerprint density at radius 3 is 2.54 bits per heavy atom. The fraction of sp³-hybridized carbons (Fsp3) is 0.190. The van der Waals surface area contributed by atoms with Crippen molar-refractivity contribution in [1.82, 2.24) is 5.32 Å². The molecule has 5 heteroatoms. The lowest BCUT2D eigenvalue weighted by Crippen LogP contribution is -2.87. The lowest BCUT2D eigenvalue weighted by atomic mass is 10.1. The fourth-order valence-electron chi connectivity index (χ4n) is 2.85. The first-order valence-corrected chi connectivity index (χ1v) is 9.86. The van der Waals surface area contributed by atoms with Crippen molar-refractivity contribution in [2.75, 3.05) is 6.54 Å². The van der Waals surface area contributed by atoms with Gasteiger partial charge >= 0.3 is 0 Å². The number of nitrogens with one attached hydrogen (secondary N) is 1. The molecule has 3 N–H and O–H groups in total. The van der Waals surface area contributed by atoms with E-state index in [0.717, 1.165) is 16.0 Å². The first-order chi connectivity index (χ1) is 12.6. The van der Waals surface area contributed by atoms with Crippen LogP contribution in [0.3, 0.4) is 0 Å². The van der Waals surface area contributed by atoms with Crippen molar-refractivity contribution < 1.29 is 10.1 Å². The Hall–Kier alpha value is -2.14. The normalized spacial score (nSPS) is 13.2. The van der Waals surface area contributed by atoms with E-state index in [9.17, 15) is 4.79 Å². The van der Waals surface area contributed by atoms with Crippen LogP contribution in [0, 0.1) is 0 Å². The van der Waals surface area contributed by atoms with Gasteiger partial charge < -0.3 is 10.6 Å². The van der Waals surface area contributed by atoms with Crippen molar-refractivity contribution in [1.29, 1.82) is 0 Å². The summed E-state index contributed by atoms with van der Waals surface area (Å²) in [7, 11) is 0. The Labute approximate surface area is 163 Å². The smallest absolute Gasteiger partial charge is 0.275 e. The fourth-order valence-corrected chi connectivity index (χ4v) is 3.85. The molecule has 0 bridgehead atoms. The SMILES string of the molecule is C[C@@H]([NH2+]CC(=O)N[C@@H](c1ccccc1)c1cccs1)c1cccc(Cl)c1. The number of carbonyl (C=O) groups excluding carboxylic acids is 1. The van der Waals surface area contributed by atoms with Crippen LogP contribution in [-0.2, 0) is 4.79 Å². The molecule has 1 amide bonds. The van der Waals surface area contributed by atoms with Gasteiger partial charge in [0.2, 0.25) is 0 Å². The van der Waals surface area contributed by atoms with E-state index in [4.69, 9.17) is 11.6 Å². The topological polar surface area (TPSA) is 45.7 Å². The molecule has 0 aliphatic rings. The highest BCUT2D eigenvalue weighted by molar-refractivity contribution is 7.10. The molecule has 3 aromatic rings. The van der Waals surface area contributed by atoms with Crippen molar-refractivity contribution in [3.63, 3.8) is 0 Å². The Morgan fingerprint density at radius 1 is 1.08 bits per heavy atom. The number of halogens is 1. The van der Waals surface area contributed by atoms with Gasteiger partial charge in [0.1, 0.15) is 6.04 Å². The largest absolute Gasteiger partial charge is 0.339 e. The van der Waals surface area contributed by atoms with Crippen molar-refractivity contribution in [3.8, 4) is 0 Å². The molecule has 3 rings (SSSR count). The van der Waals surface area contributed by atoms with Crippen LogP contribution in [0.25, 0.3) is 0 Å². The molecule has 0 spiro atoms. The van der Waals surface area contributed by atoms with Crippen LogP contribution in [0.15, 0.2) is 72.1 Å². The zero-order chi connectivity index (χ0) is 18.4. The standard InChI is InChI=1S/C21H21ClN2OS/c1-15(17-9-5-10-18(22)13-17)23-14-20(25)24-21(19-11-6-12-26-19)16-7-3-2-4-8-16/h2-13,15,21,23H,14H2,1H3,(H,24,25)/p+1/t15-,21+/m1/s1. The predicted molar refractivity (Wildman–Crippen MR) is 107 cm³/mol. The van der Waals surface area contributed by atoms with Gasteiger partial charge in [-0.25, -0.2) is 0 Å². The third kappa shape index (κ3) is 4.94. The molecule has 0 aliphatic heterocycles. The third-order valence-corrected chi connectivity index (χ3v) is 5.47. The number of hydrogen-bond donors (Lipinski definition) is 2. The minimum Gasteiger partial charge on any atom is -0.339 e. The van der Waals surface area contributed by atoms with Gasteiger partial charge in [-0.3, -0.25) is 4.79 Å². The Kier molecular flexibility index (Phi) is 6.45. The number of carbonyl (C=O) groups is 1. The minimum atomic E-state index is -0.112. The number of thiophene rings is 1. The molecule has 0 radical (unpaired) electrons. The molecule has 1 aromatic heterocycles. The first kappa shape index (κ1) is 18.6. The molecule has 26 heavy (non-hydrogen) atoms. The molecule has 0 fully saturated rings. The summed E-state index contributed by atoms with van der Waals surface area (Å²) in [5.74, 6) is 0.0149. The van der Waals surface area contributed by atoms with Crippen molar-refractivity contribution in [2.24, 2.45) is 0 Å². The quantitative estimate of drug-likeness (QED) is 0.636. The predicted octanol–water partition coefficient (Wildman–Crippen LogP) is 3.93. The van der Waals surface area contributed by atoms with Crippen LogP contribution >= 0.6 is 22.9 Å². The molecule has 0 aliphatic carbocycles. The van der Waals surface area contributed by atoms with Gasteiger partial charge in [-0.05, 0) is 36.1 Å². The summed E-state index contributed by atoms with van der Waals surface area (Å²) >= 11 is 7.70. The zero-order valence-corrected chi connectivity index (χ0v) is 16.1. The van der Waals surface area contributed by atoms with Crippen molar-refractivity contribution in [2.45, 2.75) is 19.0 Å². The first-order valence-electron chi connectivity index (χ1n) is 8.60. The number of rotatable bonds is 7. The highest BCUT2D eigenvalue weighted by Crippen LogP contribution is 2.25. The molecular formula is C21H22ClN2OS+. The average Bonchev–Trinajstić information content (AvgIpc) is 3.19. The van der Waals surface area contributed by atoms with Gasteiger partial charge in [0.25, 0.3) is 5.91 Å². The summed E-state index contributed by atoms with van der Waals surface area (Å²) in [5.41, 5.74) is 2.20. The van der Waals surface area contributed by atoms with E-state index in [-0.39, 0.29) is 18.0 Å². The van der Waals surface area contributed by atoms with Crippen LogP contribution in [0.4, 0.5) is 0 Å². The van der Waals surface area contributed by atoms with E-state index in [1.54, 1.807) is 11.3 Å². The second kappa shape index (κ2) is 8.99. The third-order valence-electron chi connectivity index (χ3n) is 4.30. The number of quaternary nitrogens is 1. The van der Waals surface area contributed by atoms with Crippen LogP contribution in [0.5, 0.6) is 0 Å². The van der Waals surface area contributed by atoms with E-state index < -0.39 is 0 Å². The average molecular weight is 386 g/mol. The lowest BCUT2D eigenvalue weighted by molar-refractivity contribution is -0.682. The molecule has 0 saturated heterocycles. The highest BCUT2D eigenvalue weighted by atomic mass is 35.5. The number of hydrogen-bond acceptors (Lipinski definition) is 2. The summed E-state index contributed by atoms with van der Waals surface area (Å²) < 4.78 is 0. The van der Waals surface area contributed by atoms with Crippen LogP contribution < -0.4 is 10.6 Å². The van der Waals surface area contributed by atoms with E-state index in [1.165, 1.54) is 0 Å². The van der Waals surface area contributed by atoms with Crippen LogP contribution in [0.1, 0.15) is 35.0 Å². The van der Waals surface area contributed by atoms with Gasteiger partial charge in [-0.2, -0.15) is 0 Å². The molecule has 3 nitrogen and oxygen atoms in total. The van der Waals surface area contributed by atoms with E-state index in [0.29, 0.717) is 11.6 Å². The van der Waals surface area contributed by atoms with E-state index in [1.807, 2.05) is 71.4 Å². The molecule has 2 aromatic carbocycles. The molecule has 134 valence electrons. The molecule has 0 unspecified atom stereocenters. The van der Waals surface area contributed by atoms with Gasteiger partial charge in [0.05, 0.1) is 6.04 Å². The summed E-state index contributed by atoms with van der Waals surface area (Å²) in [6.45, 7) is 2.44. The van der Waals surface area contributed by atoms with Crippen molar-refractivity contribution >= 4 is 28.8 Å². The summed E-state index contributed by atoms with van der Waals surface area (Å²) in [6.07, 6.45) is 0. The number of amides is 1. The maximum absolute atomic E-state index is 12.6. The summed E-state index contributed by atoms with van der Waals surface area (Å²) in [4.78, 5) is 13.7. The summed E-state index contributed by atoms with van der Waals surface area (Å²) in [6, 6.07) is 21.9. The monoisotopic (exact) mass is 385 g/mol. The zero-order valence-electron chi connectivity index (χ0n) is 14.6. The maximum atomic E-state index is 12.6. The summed E-state index contributed by atoms with van der Waals surface area (Å²) in [5, 5.41) is 7.94. The minimum absolute atomic E-state index is 0.0149. The number of benzene rings is 2. The second-order valence-corrected chi connectivity index (χ2v) is 7.63. The second-order valence-electron chi connectivity index (χ2n) is 6.21. The van der Waals surface area contributed by atoms with Crippen LogP contribution in [0.2, 0.25) is 5.02 Å². The lowest BCUT2D eigenvalue weighted by Gasteiger charge is -2.18. The van der Waals surface area contributed by atoms with Gasteiger partial charge in [-0.15, -0.1) is 11.3 Å². The van der Waals surface area contributed by atoms with E-state index >= 15 is 0 Å². The molecular weight excluding hydrogens is 364 g/mol. The van der Waals surface area contributed by atoms with Gasteiger partial charge in [0, 0.05) is 15.5 Å².